The van der Waals surface area contributed by atoms with Crippen molar-refractivity contribution in [3.8, 4) is 0 Å². The number of carbonyl (C=O) groups excluding carboxylic acids is 1. The number of nitrogens with zero attached hydrogens (tertiary/aromatic N) is 1. The molecule has 1 saturated carbocycles. The van der Waals surface area contributed by atoms with E-state index in [9.17, 15) is 13.2 Å². The van der Waals surface area contributed by atoms with E-state index in [-0.39, 0.29) is 29.6 Å². The van der Waals surface area contributed by atoms with Gasteiger partial charge in [-0.15, -0.1) is 0 Å². The largest absolute Gasteiger partial charge is 0.376 e. The highest BCUT2D eigenvalue weighted by molar-refractivity contribution is 7.91. The quantitative estimate of drug-likeness (QED) is 0.741. The lowest BCUT2D eigenvalue weighted by Crippen LogP contribution is -2.45. The maximum Gasteiger partial charge on any atom is 0.222 e. The average Bonchev–Trinajstić information content (AvgIpc) is 3.24. The van der Waals surface area contributed by atoms with Gasteiger partial charge in [-0.25, -0.2) is 8.42 Å². The molecule has 1 amide bonds. The summed E-state index contributed by atoms with van der Waals surface area (Å²) in [5, 5.41) is 0. The molecule has 6 heteroatoms. The molecule has 0 aromatic carbocycles. The van der Waals surface area contributed by atoms with Crippen LogP contribution in [0.15, 0.2) is 0 Å². The van der Waals surface area contributed by atoms with E-state index in [1.807, 2.05) is 4.90 Å². The molecule has 0 spiro atoms. The van der Waals surface area contributed by atoms with E-state index < -0.39 is 9.84 Å². The van der Waals surface area contributed by atoms with E-state index in [0.717, 1.165) is 25.9 Å². The third-order valence-corrected chi connectivity index (χ3v) is 7.39. The van der Waals surface area contributed by atoms with E-state index in [0.29, 0.717) is 25.3 Å². The molecule has 3 aliphatic rings. The standard InChI is InChI=1S/C17H29NO4S/c19-17(8-7-14-4-1-2-5-14)18(12-16-6-3-10-22-16)15-9-11-23(20,21)13-15/h14-16H,1-13H2/t15-,16+/m1/s1. The minimum Gasteiger partial charge on any atom is -0.376 e. The average molecular weight is 343 g/mol. The molecule has 0 N–H and O–H groups in total. The number of ether oxygens (including phenoxy) is 1. The normalized spacial score (nSPS) is 30.8. The molecule has 23 heavy (non-hydrogen) atoms. The van der Waals surface area contributed by atoms with Crippen molar-refractivity contribution >= 4 is 15.7 Å². The highest BCUT2D eigenvalue weighted by Crippen LogP contribution is 2.29. The van der Waals surface area contributed by atoms with E-state index in [4.69, 9.17) is 4.74 Å². The molecular formula is C17H29NO4S. The van der Waals surface area contributed by atoms with Gasteiger partial charge in [-0.1, -0.05) is 25.7 Å². The Bertz CT molecular complexity index is 507. The van der Waals surface area contributed by atoms with E-state index in [2.05, 4.69) is 0 Å². The zero-order chi connectivity index (χ0) is 16.3. The molecule has 0 aromatic heterocycles. The van der Waals surface area contributed by atoms with E-state index in [1.54, 1.807) is 0 Å². The van der Waals surface area contributed by atoms with Gasteiger partial charge in [0.15, 0.2) is 9.84 Å². The number of sulfone groups is 1. The van der Waals surface area contributed by atoms with E-state index >= 15 is 0 Å². The first kappa shape index (κ1) is 17.2. The predicted octanol–water partition coefficient (Wildman–Crippen LogP) is 2.15. The molecule has 3 rings (SSSR count). The number of carbonyl (C=O) groups is 1. The van der Waals surface area contributed by atoms with Gasteiger partial charge in [0.1, 0.15) is 0 Å². The molecular weight excluding hydrogens is 314 g/mol. The van der Waals surface area contributed by atoms with Crippen LogP contribution >= 0.6 is 0 Å². The maximum atomic E-state index is 12.8. The van der Waals surface area contributed by atoms with Gasteiger partial charge >= 0.3 is 0 Å². The zero-order valence-electron chi connectivity index (χ0n) is 13.9. The molecule has 2 atom stereocenters. The van der Waals surface area contributed by atoms with Crippen molar-refractivity contribution in [2.75, 3.05) is 24.7 Å². The molecule has 3 fully saturated rings. The van der Waals surface area contributed by atoms with Gasteiger partial charge in [-0.3, -0.25) is 4.79 Å². The minimum atomic E-state index is -2.97. The van der Waals surface area contributed by atoms with Gasteiger partial charge in [0, 0.05) is 25.6 Å². The highest BCUT2D eigenvalue weighted by Gasteiger charge is 2.36. The van der Waals surface area contributed by atoms with Crippen LogP contribution in [0.3, 0.4) is 0 Å². The predicted molar refractivity (Wildman–Crippen MR) is 88.9 cm³/mol. The van der Waals surface area contributed by atoms with Gasteiger partial charge in [-0.2, -0.15) is 0 Å². The molecule has 2 heterocycles. The van der Waals surface area contributed by atoms with Gasteiger partial charge in [0.05, 0.1) is 17.6 Å². The van der Waals surface area contributed by atoms with Crippen molar-refractivity contribution in [2.24, 2.45) is 5.92 Å². The van der Waals surface area contributed by atoms with Gasteiger partial charge in [-0.05, 0) is 31.6 Å². The Labute approximate surface area is 139 Å². The summed E-state index contributed by atoms with van der Waals surface area (Å²) in [6, 6.07) is -0.139. The minimum absolute atomic E-state index is 0.0914. The molecule has 0 radical (unpaired) electrons. The first-order valence-electron chi connectivity index (χ1n) is 9.15. The second kappa shape index (κ2) is 7.51. The van der Waals surface area contributed by atoms with Crippen LogP contribution in [-0.4, -0.2) is 56.0 Å². The summed E-state index contributed by atoms with van der Waals surface area (Å²) in [6.45, 7) is 1.33. The first-order valence-corrected chi connectivity index (χ1v) is 11.0. The van der Waals surface area contributed by atoms with Crippen molar-refractivity contribution in [3.63, 3.8) is 0 Å². The Morgan fingerprint density at radius 3 is 2.48 bits per heavy atom. The third-order valence-electron chi connectivity index (χ3n) is 5.64. The summed E-state index contributed by atoms with van der Waals surface area (Å²) in [5.41, 5.74) is 0. The topological polar surface area (TPSA) is 63.7 Å². The van der Waals surface area contributed by atoms with Gasteiger partial charge < -0.3 is 9.64 Å². The lowest BCUT2D eigenvalue weighted by atomic mass is 10.0. The molecule has 0 bridgehead atoms. The van der Waals surface area contributed by atoms with Crippen molar-refractivity contribution < 1.29 is 17.9 Å². The van der Waals surface area contributed by atoms with Gasteiger partial charge in [0.2, 0.25) is 5.91 Å². The molecule has 0 unspecified atom stereocenters. The summed E-state index contributed by atoms with van der Waals surface area (Å²) < 4.78 is 29.3. The van der Waals surface area contributed by atoms with Crippen LogP contribution in [-0.2, 0) is 19.4 Å². The van der Waals surface area contributed by atoms with Crippen LogP contribution in [0.4, 0.5) is 0 Å². The van der Waals surface area contributed by atoms with E-state index in [1.165, 1.54) is 25.7 Å². The smallest absolute Gasteiger partial charge is 0.222 e. The Morgan fingerprint density at radius 1 is 1.09 bits per heavy atom. The third kappa shape index (κ3) is 4.69. The summed E-state index contributed by atoms with van der Waals surface area (Å²) in [6.07, 6.45) is 9.29. The lowest BCUT2D eigenvalue weighted by Gasteiger charge is -2.31. The van der Waals surface area contributed by atoms with Gasteiger partial charge in [0.25, 0.3) is 0 Å². The molecule has 2 aliphatic heterocycles. The van der Waals surface area contributed by atoms with Crippen LogP contribution in [0.1, 0.15) is 57.8 Å². The fourth-order valence-electron chi connectivity index (χ4n) is 4.25. The van der Waals surface area contributed by atoms with Crippen molar-refractivity contribution in [1.29, 1.82) is 0 Å². The Hall–Kier alpha value is -0.620. The van der Waals surface area contributed by atoms with Crippen LogP contribution < -0.4 is 0 Å². The molecule has 1 aliphatic carbocycles. The van der Waals surface area contributed by atoms with Crippen molar-refractivity contribution in [2.45, 2.75) is 69.9 Å². The number of rotatable bonds is 6. The first-order chi connectivity index (χ1) is 11.0. The zero-order valence-corrected chi connectivity index (χ0v) is 14.7. The second-order valence-corrected chi connectivity index (χ2v) is 9.66. The number of amides is 1. The van der Waals surface area contributed by atoms with Crippen molar-refractivity contribution in [3.05, 3.63) is 0 Å². The summed E-state index contributed by atoms with van der Waals surface area (Å²) in [4.78, 5) is 14.6. The second-order valence-electron chi connectivity index (χ2n) is 7.43. The van der Waals surface area contributed by atoms with Crippen LogP contribution in [0.25, 0.3) is 0 Å². The maximum absolute atomic E-state index is 12.8. The number of hydrogen-bond donors (Lipinski definition) is 0. The Morgan fingerprint density at radius 2 is 1.87 bits per heavy atom. The molecule has 132 valence electrons. The Balaban J connectivity index is 1.59. The molecule has 2 saturated heterocycles. The molecule has 5 nitrogen and oxygen atoms in total. The Kier molecular flexibility index (Phi) is 5.62. The molecule has 0 aromatic rings. The highest BCUT2D eigenvalue weighted by atomic mass is 32.2. The summed E-state index contributed by atoms with van der Waals surface area (Å²) >= 11 is 0. The monoisotopic (exact) mass is 343 g/mol. The van der Waals surface area contributed by atoms with Crippen LogP contribution in [0, 0.1) is 5.92 Å². The number of hydrogen-bond acceptors (Lipinski definition) is 4. The SMILES string of the molecule is O=C(CCC1CCCC1)N(C[C@@H]1CCCO1)[C@@H]1CCS(=O)(=O)C1. The van der Waals surface area contributed by atoms with Crippen molar-refractivity contribution in [1.82, 2.24) is 4.90 Å². The van der Waals surface area contributed by atoms with Crippen LogP contribution in [0.2, 0.25) is 0 Å². The van der Waals surface area contributed by atoms with Crippen LogP contribution in [0.5, 0.6) is 0 Å². The summed E-state index contributed by atoms with van der Waals surface area (Å²) in [5.74, 6) is 1.18. The fourth-order valence-corrected chi connectivity index (χ4v) is 5.98. The summed E-state index contributed by atoms with van der Waals surface area (Å²) in [7, 11) is -2.97. The lowest BCUT2D eigenvalue weighted by molar-refractivity contribution is -0.135. The fraction of sp³-hybridized carbons (Fsp3) is 0.941.